The molecule has 1 aromatic rings. The van der Waals surface area contributed by atoms with E-state index in [2.05, 4.69) is 16.5 Å². The van der Waals surface area contributed by atoms with Gasteiger partial charge in [-0.25, -0.2) is 0 Å². The molecule has 1 heterocycles. The molecule has 3 heteroatoms. The van der Waals surface area contributed by atoms with Crippen molar-refractivity contribution in [3.8, 4) is 0 Å². The van der Waals surface area contributed by atoms with E-state index in [0.717, 1.165) is 0 Å². The van der Waals surface area contributed by atoms with E-state index in [-0.39, 0.29) is 5.78 Å². The Morgan fingerprint density at radius 2 is 2.27 bits per heavy atom. The standard InChI is InChI=1S/C12H12N2O/c1-3-4-11(10(2)15)5-6-12-9-13-7-8-14-12/h3-9H,1H2,2H3/b6-5+,11-4-. The second kappa shape index (κ2) is 5.65. The maximum absolute atomic E-state index is 11.2. The molecule has 0 fully saturated rings. The van der Waals surface area contributed by atoms with Gasteiger partial charge >= 0.3 is 0 Å². The van der Waals surface area contributed by atoms with E-state index in [4.69, 9.17) is 0 Å². The van der Waals surface area contributed by atoms with Crippen LogP contribution in [0.4, 0.5) is 0 Å². The first-order valence-electron chi connectivity index (χ1n) is 4.52. The van der Waals surface area contributed by atoms with Crippen LogP contribution in [0.5, 0.6) is 0 Å². The van der Waals surface area contributed by atoms with E-state index in [1.165, 1.54) is 6.92 Å². The molecule has 0 saturated carbocycles. The van der Waals surface area contributed by atoms with Crippen molar-refractivity contribution in [3.05, 3.63) is 54.7 Å². The number of hydrogen-bond donors (Lipinski definition) is 0. The highest BCUT2D eigenvalue weighted by Crippen LogP contribution is 2.03. The van der Waals surface area contributed by atoms with Crippen molar-refractivity contribution in [3.63, 3.8) is 0 Å². The summed E-state index contributed by atoms with van der Waals surface area (Å²) in [5.74, 6) is -0.00459. The van der Waals surface area contributed by atoms with E-state index in [1.807, 2.05) is 0 Å². The number of aromatic nitrogens is 2. The molecule has 0 unspecified atom stereocenters. The molecule has 0 aliphatic carbocycles. The maximum atomic E-state index is 11.2. The highest BCUT2D eigenvalue weighted by molar-refractivity contribution is 5.97. The summed E-state index contributed by atoms with van der Waals surface area (Å²) in [7, 11) is 0. The van der Waals surface area contributed by atoms with E-state index in [0.29, 0.717) is 11.3 Å². The van der Waals surface area contributed by atoms with Gasteiger partial charge in [0.1, 0.15) is 0 Å². The summed E-state index contributed by atoms with van der Waals surface area (Å²) in [6.07, 6.45) is 11.5. The molecule has 0 aromatic carbocycles. The van der Waals surface area contributed by atoms with Crippen LogP contribution < -0.4 is 0 Å². The second-order valence-corrected chi connectivity index (χ2v) is 2.88. The van der Waals surface area contributed by atoms with Crippen LogP contribution in [0.15, 0.2) is 49.0 Å². The fourth-order valence-electron chi connectivity index (χ4n) is 0.989. The molecular formula is C12H12N2O. The van der Waals surface area contributed by atoms with Crippen LogP contribution in [0, 0.1) is 0 Å². The molecule has 0 atom stereocenters. The monoisotopic (exact) mass is 200 g/mol. The Balaban J connectivity index is 2.84. The Morgan fingerprint density at radius 3 is 2.80 bits per heavy atom. The Morgan fingerprint density at radius 1 is 1.47 bits per heavy atom. The summed E-state index contributed by atoms with van der Waals surface area (Å²) >= 11 is 0. The fourth-order valence-corrected chi connectivity index (χ4v) is 0.989. The molecule has 76 valence electrons. The number of Topliss-reactive ketones (excluding diaryl/α,β-unsaturated/α-hetero) is 1. The highest BCUT2D eigenvalue weighted by atomic mass is 16.1. The SMILES string of the molecule is C=C/C=C(/C=C/c1cnccn1)C(C)=O. The number of hydrogen-bond acceptors (Lipinski definition) is 3. The number of carbonyl (C=O) groups is 1. The van der Waals surface area contributed by atoms with Gasteiger partial charge in [-0.1, -0.05) is 18.7 Å². The van der Waals surface area contributed by atoms with Crippen LogP contribution in [0.25, 0.3) is 6.08 Å². The lowest BCUT2D eigenvalue weighted by atomic mass is 10.1. The predicted octanol–water partition coefficient (Wildman–Crippen LogP) is 2.19. The molecule has 3 nitrogen and oxygen atoms in total. The predicted molar refractivity (Wildman–Crippen MR) is 60.0 cm³/mol. The highest BCUT2D eigenvalue weighted by Gasteiger charge is 1.97. The molecule has 0 radical (unpaired) electrons. The van der Waals surface area contributed by atoms with Crippen LogP contribution in [-0.4, -0.2) is 15.8 Å². The van der Waals surface area contributed by atoms with E-state index in [9.17, 15) is 4.79 Å². The van der Waals surface area contributed by atoms with Crippen LogP contribution in [-0.2, 0) is 4.79 Å². The Kier molecular flexibility index (Phi) is 4.16. The molecule has 0 aliphatic rings. The molecule has 1 aromatic heterocycles. The van der Waals surface area contributed by atoms with Gasteiger partial charge in [-0.15, -0.1) is 0 Å². The van der Waals surface area contributed by atoms with Crippen LogP contribution in [0.1, 0.15) is 12.6 Å². The van der Waals surface area contributed by atoms with Gasteiger partial charge in [0.05, 0.1) is 11.9 Å². The van der Waals surface area contributed by atoms with Crippen molar-refractivity contribution < 1.29 is 4.79 Å². The van der Waals surface area contributed by atoms with Gasteiger partial charge in [-0.2, -0.15) is 0 Å². The summed E-state index contributed by atoms with van der Waals surface area (Å²) in [5, 5.41) is 0. The molecular weight excluding hydrogens is 188 g/mol. The molecule has 15 heavy (non-hydrogen) atoms. The minimum atomic E-state index is -0.00459. The van der Waals surface area contributed by atoms with E-state index < -0.39 is 0 Å². The normalized spacial score (nSPS) is 11.7. The zero-order valence-corrected chi connectivity index (χ0v) is 8.55. The zero-order valence-electron chi connectivity index (χ0n) is 8.55. The Hall–Kier alpha value is -2.03. The minimum absolute atomic E-state index is 0.00459. The third-order valence-electron chi connectivity index (χ3n) is 1.72. The zero-order chi connectivity index (χ0) is 11.1. The lowest BCUT2D eigenvalue weighted by Crippen LogP contribution is -1.92. The van der Waals surface area contributed by atoms with E-state index in [1.54, 1.807) is 42.9 Å². The molecule has 0 aliphatic heterocycles. The Bertz CT molecular complexity index is 405. The summed E-state index contributed by atoms with van der Waals surface area (Å²) in [6.45, 7) is 5.06. The first kappa shape index (κ1) is 11.0. The molecule has 0 bridgehead atoms. The van der Waals surface area contributed by atoms with Crippen molar-refractivity contribution >= 4 is 11.9 Å². The number of ketones is 1. The maximum Gasteiger partial charge on any atom is 0.159 e. The summed E-state index contributed by atoms with van der Waals surface area (Å²) < 4.78 is 0. The van der Waals surface area contributed by atoms with Gasteiger partial charge in [0.25, 0.3) is 0 Å². The van der Waals surface area contributed by atoms with Crippen LogP contribution in [0.2, 0.25) is 0 Å². The number of nitrogens with zero attached hydrogens (tertiary/aromatic N) is 2. The van der Waals surface area contributed by atoms with Crippen LogP contribution >= 0.6 is 0 Å². The Labute approximate surface area is 88.9 Å². The lowest BCUT2D eigenvalue weighted by Gasteiger charge is -1.94. The third-order valence-corrected chi connectivity index (χ3v) is 1.72. The van der Waals surface area contributed by atoms with Crippen LogP contribution in [0.3, 0.4) is 0 Å². The van der Waals surface area contributed by atoms with Gasteiger partial charge in [0.15, 0.2) is 5.78 Å². The van der Waals surface area contributed by atoms with Crippen molar-refractivity contribution in [1.29, 1.82) is 0 Å². The average molecular weight is 200 g/mol. The fraction of sp³-hybridized carbons (Fsp3) is 0.0833. The summed E-state index contributed by atoms with van der Waals surface area (Å²) in [4.78, 5) is 19.1. The van der Waals surface area contributed by atoms with Crippen molar-refractivity contribution in [2.24, 2.45) is 0 Å². The minimum Gasteiger partial charge on any atom is -0.295 e. The summed E-state index contributed by atoms with van der Waals surface area (Å²) in [5.41, 5.74) is 1.31. The molecule has 0 spiro atoms. The van der Waals surface area contributed by atoms with Crippen molar-refractivity contribution in [2.45, 2.75) is 6.92 Å². The number of rotatable bonds is 4. The molecule has 1 rings (SSSR count). The van der Waals surface area contributed by atoms with Crippen molar-refractivity contribution in [1.82, 2.24) is 9.97 Å². The quantitative estimate of drug-likeness (QED) is 0.552. The van der Waals surface area contributed by atoms with Crippen molar-refractivity contribution in [2.75, 3.05) is 0 Å². The molecule has 0 N–H and O–H groups in total. The number of allylic oxidation sites excluding steroid dienone is 4. The third kappa shape index (κ3) is 3.68. The first-order valence-corrected chi connectivity index (χ1v) is 4.52. The molecule has 0 saturated heterocycles. The topological polar surface area (TPSA) is 42.9 Å². The first-order chi connectivity index (χ1) is 7.24. The van der Waals surface area contributed by atoms with Gasteiger partial charge < -0.3 is 0 Å². The van der Waals surface area contributed by atoms with Gasteiger partial charge in [0.2, 0.25) is 0 Å². The van der Waals surface area contributed by atoms with Gasteiger partial charge in [-0.3, -0.25) is 14.8 Å². The largest absolute Gasteiger partial charge is 0.295 e. The van der Waals surface area contributed by atoms with Gasteiger partial charge in [-0.05, 0) is 19.1 Å². The van der Waals surface area contributed by atoms with E-state index >= 15 is 0 Å². The van der Waals surface area contributed by atoms with Gasteiger partial charge in [0, 0.05) is 18.0 Å². The molecule has 0 amide bonds. The average Bonchev–Trinajstić information content (AvgIpc) is 2.25. The summed E-state index contributed by atoms with van der Waals surface area (Å²) in [6, 6.07) is 0. The smallest absolute Gasteiger partial charge is 0.159 e. The number of carbonyl (C=O) groups excluding carboxylic acids is 1. The lowest BCUT2D eigenvalue weighted by molar-refractivity contribution is -0.113. The second-order valence-electron chi connectivity index (χ2n) is 2.88.